The Morgan fingerprint density at radius 2 is 1.07 bits per heavy atom. The summed E-state index contributed by atoms with van der Waals surface area (Å²) in [6.07, 6.45) is 3.69. The molecule has 2 heterocycles. The number of nitrogens with zero attached hydrogens (tertiary/aromatic N) is 2. The summed E-state index contributed by atoms with van der Waals surface area (Å²) in [4.78, 5) is 9.16. The third-order valence-corrected chi connectivity index (χ3v) is 8.01. The van der Waals surface area contributed by atoms with Crippen molar-refractivity contribution < 1.29 is 4.42 Å². The largest absolute Gasteiger partial charge is 0.436 e. The second-order valence-corrected chi connectivity index (χ2v) is 10.7. The normalized spacial score (nSPS) is 11.3. The number of hydrogen-bond acceptors (Lipinski definition) is 3. The van der Waals surface area contributed by atoms with Gasteiger partial charge in [-0.05, 0) is 86.1 Å². The van der Waals surface area contributed by atoms with Crippen LogP contribution in [0.2, 0.25) is 0 Å². The van der Waals surface area contributed by atoms with Crippen LogP contribution in [0, 0.1) is 0 Å². The second kappa shape index (κ2) is 10.6. The van der Waals surface area contributed by atoms with Crippen molar-refractivity contribution in [2.24, 2.45) is 0 Å². The van der Waals surface area contributed by atoms with E-state index in [-0.39, 0.29) is 0 Å². The Bertz CT molecular complexity index is 2230. The monoisotopic (exact) mass is 550 g/mol. The molecule has 0 N–H and O–H groups in total. The van der Waals surface area contributed by atoms with Crippen molar-refractivity contribution in [3.05, 3.63) is 158 Å². The van der Waals surface area contributed by atoms with E-state index in [4.69, 9.17) is 9.40 Å². The summed E-state index contributed by atoms with van der Waals surface area (Å²) in [6, 6.07) is 50.9. The van der Waals surface area contributed by atoms with Gasteiger partial charge in [0.05, 0.1) is 0 Å². The van der Waals surface area contributed by atoms with Gasteiger partial charge in [-0.2, -0.15) is 0 Å². The lowest BCUT2D eigenvalue weighted by molar-refractivity contribution is 0.620. The highest BCUT2D eigenvalue weighted by molar-refractivity contribution is 5.97. The van der Waals surface area contributed by atoms with Gasteiger partial charge >= 0.3 is 0 Å². The quantitative estimate of drug-likeness (QED) is 0.214. The predicted molar refractivity (Wildman–Crippen MR) is 176 cm³/mol. The van der Waals surface area contributed by atoms with Gasteiger partial charge < -0.3 is 4.42 Å². The first kappa shape index (κ1) is 25.0. The Labute approximate surface area is 249 Å². The van der Waals surface area contributed by atoms with Crippen LogP contribution in [0.4, 0.5) is 0 Å². The van der Waals surface area contributed by atoms with Gasteiger partial charge in [-0.3, -0.25) is 4.98 Å². The minimum absolute atomic E-state index is 0.615. The zero-order valence-corrected chi connectivity index (χ0v) is 23.3. The van der Waals surface area contributed by atoms with Crippen molar-refractivity contribution in [3.8, 4) is 56.0 Å². The fourth-order valence-electron chi connectivity index (χ4n) is 5.79. The second-order valence-electron chi connectivity index (χ2n) is 10.7. The number of rotatable bonds is 5. The van der Waals surface area contributed by atoms with Crippen LogP contribution in [0.15, 0.2) is 162 Å². The molecular formula is C40H26N2O. The maximum absolute atomic E-state index is 6.23. The SMILES string of the molecule is c1cncc(-c2cccc(-c3cccc(-c4nc5cc(-c6ccc(-c7cccc8ccccc78)cc6)ccc5o4)c3)c2)c1. The highest BCUT2D eigenvalue weighted by Crippen LogP contribution is 2.34. The molecule has 202 valence electrons. The maximum Gasteiger partial charge on any atom is 0.227 e. The van der Waals surface area contributed by atoms with Crippen molar-refractivity contribution in [2.45, 2.75) is 0 Å². The zero-order valence-electron chi connectivity index (χ0n) is 23.3. The van der Waals surface area contributed by atoms with E-state index < -0.39 is 0 Å². The topological polar surface area (TPSA) is 38.9 Å². The Morgan fingerprint density at radius 3 is 1.88 bits per heavy atom. The number of pyridine rings is 1. The standard InChI is InChI=1S/C40H26N2O/c1-2-14-36-28(7-1)8-5-15-37(36)29-18-16-27(17-19-29)33-20-21-39-38(25-33)42-40(43-39)34-12-4-10-31(24-34)30-9-3-11-32(23-30)35-13-6-22-41-26-35/h1-26H. The van der Waals surface area contributed by atoms with Crippen molar-refractivity contribution in [1.82, 2.24) is 9.97 Å². The molecular weight excluding hydrogens is 524 g/mol. The fourth-order valence-corrected chi connectivity index (χ4v) is 5.79. The van der Waals surface area contributed by atoms with E-state index in [1.165, 1.54) is 21.9 Å². The molecule has 0 bridgehead atoms. The first-order chi connectivity index (χ1) is 21.3. The third-order valence-electron chi connectivity index (χ3n) is 8.01. The number of oxazole rings is 1. The average Bonchev–Trinajstić information content (AvgIpc) is 3.53. The van der Waals surface area contributed by atoms with Gasteiger partial charge in [-0.15, -0.1) is 0 Å². The summed E-state index contributed by atoms with van der Waals surface area (Å²) in [7, 11) is 0. The molecule has 0 spiro atoms. The van der Waals surface area contributed by atoms with E-state index >= 15 is 0 Å². The van der Waals surface area contributed by atoms with Gasteiger partial charge in [-0.1, -0.05) is 109 Å². The van der Waals surface area contributed by atoms with Gasteiger partial charge in [0.15, 0.2) is 5.58 Å². The van der Waals surface area contributed by atoms with E-state index in [9.17, 15) is 0 Å². The molecule has 43 heavy (non-hydrogen) atoms. The van der Waals surface area contributed by atoms with Gasteiger partial charge in [0.2, 0.25) is 5.89 Å². The molecule has 3 heteroatoms. The minimum atomic E-state index is 0.615. The molecule has 8 aromatic rings. The summed E-state index contributed by atoms with van der Waals surface area (Å²) >= 11 is 0. The molecule has 3 nitrogen and oxygen atoms in total. The van der Waals surface area contributed by atoms with Crippen LogP contribution in [-0.4, -0.2) is 9.97 Å². The Morgan fingerprint density at radius 1 is 0.442 bits per heavy atom. The molecule has 6 aromatic carbocycles. The lowest BCUT2D eigenvalue weighted by atomic mass is 9.96. The molecule has 0 fully saturated rings. The van der Waals surface area contributed by atoms with Crippen LogP contribution in [0.3, 0.4) is 0 Å². The first-order valence-corrected chi connectivity index (χ1v) is 14.4. The van der Waals surface area contributed by atoms with Crippen LogP contribution in [0.5, 0.6) is 0 Å². The van der Waals surface area contributed by atoms with Crippen LogP contribution in [-0.2, 0) is 0 Å². The summed E-state index contributed by atoms with van der Waals surface area (Å²) in [5.74, 6) is 0.615. The van der Waals surface area contributed by atoms with E-state index in [1.807, 2.05) is 24.4 Å². The average molecular weight is 551 g/mol. The number of hydrogen-bond donors (Lipinski definition) is 0. The van der Waals surface area contributed by atoms with Crippen LogP contribution >= 0.6 is 0 Å². The van der Waals surface area contributed by atoms with E-state index in [0.717, 1.165) is 50.0 Å². The van der Waals surface area contributed by atoms with Crippen LogP contribution in [0.1, 0.15) is 0 Å². The Balaban J connectivity index is 1.09. The first-order valence-electron chi connectivity index (χ1n) is 14.4. The molecule has 0 aliphatic carbocycles. The van der Waals surface area contributed by atoms with E-state index in [2.05, 4.69) is 132 Å². The summed E-state index contributed by atoms with van der Waals surface area (Å²) in [5.41, 5.74) is 11.7. The molecule has 0 amide bonds. The predicted octanol–water partition coefficient (Wildman–Crippen LogP) is 10.7. The van der Waals surface area contributed by atoms with Gasteiger partial charge in [0.1, 0.15) is 5.52 Å². The number of aromatic nitrogens is 2. The Hall–Kier alpha value is -5.80. The molecule has 0 aliphatic rings. The maximum atomic E-state index is 6.23. The van der Waals surface area contributed by atoms with Crippen molar-refractivity contribution in [2.75, 3.05) is 0 Å². The molecule has 0 saturated carbocycles. The molecule has 2 aromatic heterocycles. The molecule has 0 unspecified atom stereocenters. The smallest absolute Gasteiger partial charge is 0.227 e. The van der Waals surface area contributed by atoms with Crippen LogP contribution in [0.25, 0.3) is 77.8 Å². The fraction of sp³-hybridized carbons (Fsp3) is 0. The molecule has 0 aliphatic heterocycles. The molecule has 0 atom stereocenters. The molecule has 0 saturated heterocycles. The summed E-state index contributed by atoms with van der Waals surface area (Å²) in [6.45, 7) is 0. The molecule has 0 radical (unpaired) electrons. The van der Waals surface area contributed by atoms with E-state index in [0.29, 0.717) is 5.89 Å². The number of fused-ring (bicyclic) bond motifs is 2. The van der Waals surface area contributed by atoms with Gasteiger partial charge in [-0.25, -0.2) is 4.98 Å². The van der Waals surface area contributed by atoms with E-state index in [1.54, 1.807) is 6.20 Å². The van der Waals surface area contributed by atoms with Gasteiger partial charge in [0.25, 0.3) is 0 Å². The summed E-state index contributed by atoms with van der Waals surface area (Å²) < 4.78 is 6.23. The lowest BCUT2D eigenvalue weighted by Crippen LogP contribution is -1.84. The van der Waals surface area contributed by atoms with Crippen LogP contribution < -0.4 is 0 Å². The number of benzene rings is 6. The highest BCUT2D eigenvalue weighted by atomic mass is 16.3. The third kappa shape index (κ3) is 4.77. The van der Waals surface area contributed by atoms with Crippen molar-refractivity contribution in [1.29, 1.82) is 0 Å². The molecule has 8 rings (SSSR count). The lowest BCUT2D eigenvalue weighted by Gasteiger charge is -2.08. The zero-order chi connectivity index (χ0) is 28.6. The van der Waals surface area contributed by atoms with Crippen molar-refractivity contribution in [3.63, 3.8) is 0 Å². The minimum Gasteiger partial charge on any atom is -0.436 e. The highest BCUT2D eigenvalue weighted by Gasteiger charge is 2.12. The Kier molecular flexibility index (Phi) is 6.12. The summed E-state index contributed by atoms with van der Waals surface area (Å²) in [5, 5.41) is 2.51. The van der Waals surface area contributed by atoms with Crippen molar-refractivity contribution >= 4 is 21.9 Å². The van der Waals surface area contributed by atoms with Gasteiger partial charge in [0, 0.05) is 23.5 Å².